The minimum Gasteiger partial charge on any atom is -0.493 e. The Bertz CT molecular complexity index is 897. The van der Waals surface area contributed by atoms with Crippen molar-refractivity contribution >= 4 is 23.8 Å². The fraction of sp³-hybridized carbons (Fsp3) is 0.400. The molecule has 0 aliphatic rings. The van der Waals surface area contributed by atoms with Crippen LogP contribution in [0.15, 0.2) is 72.8 Å². The van der Waals surface area contributed by atoms with Gasteiger partial charge in [-0.1, -0.05) is 96.1 Å². The maximum Gasteiger partial charge on any atom is 0.127 e. The third kappa shape index (κ3) is 7.24. The molecule has 0 aliphatic heterocycles. The maximum atomic E-state index is 6.33. The summed E-state index contributed by atoms with van der Waals surface area (Å²) in [6.07, 6.45) is 0. The molecule has 0 saturated heterocycles. The summed E-state index contributed by atoms with van der Waals surface area (Å²) in [4.78, 5) is 0. The summed E-state index contributed by atoms with van der Waals surface area (Å²) in [6, 6.07) is 25.3. The van der Waals surface area contributed by atoms with E-state index in [4.69, 9.17) is 14.2 Å². The molecule has 0 unspecified atom stereocenters. The zero-order chi connectivity index (χ0) is 24.5. The van der Waals surface area contributed by atoms with Crippen molar-refractivity contribution in [1.29, 1.82) is 0 Å². The van der Waals surface area contributed by atoms with Gasteiger partial charge in [0, 0.05) is 15.9 Å². The van der Waals surface area contributed by atoms with E-state index in [0.717, 1.165) is 17.2 Å². The van der Waals surface area contributed by atoms with Gasteiger partial charge in [-0.2, -0.15) is 0 Å². The molecule has 3 rings (SSSR count). The van der Waals surface area contributed by atoms with Crippen LogP contribution in [0.5, 0.6) is 17.2 Å². The minimum absolute atomic E-state index is 0.447. The number of para-hydroxylation sites is 3. The van der Waals surface area contributed by atoms with Crippen LogP contribution in [0.3, 0.4) is 0 Å². The second-order valence-corrected chi connectivity index (χ2v) is 12.0. The highest BCUT2D eigenvalue weighted by Gasteiger charge is 2.26. The first-order valence-electron chi connectivity index (χ1n) is 12.3. The normalized spacial score (nSPS) is 11.5. The average molecular weight is 479 g/mol. The van der Waals surface area contributed by atoms with Gasteiger partial charge in [-0.25, -0.2) is 0 Å². The maximum absolute atomic E-state index is 6.33. The van der Waals surface area contributed by atoms with Crippen molar-refractivity contribution < 1.29 is 14.2 Å². The first kappa shape index (κ1) is 26.1. The van der Waals surface area contributed by atoms with E-state index >= 15 is 0 Å². The zero-order valence-electron chi connectivity index (χ0n) is 21.5. The van der Waals surface area contributed by atoms with Gasteiger partial charge in [0.2, 0.25) is 0 Å². The fourth-order valence-electron chi connectivity index (χ4n) is 3.45. The van der Waals surface area contributed by atoms with Gasteiger partial charge in [-0.05, 0) is 43.9 Å². The van der Waals surface area contributed by atoms with Crippen molar-refractivity contribution in [2.45, 2.75) is 41.5 Å². The summed E-state index contributed by atoms with van der Waals surface area (Å²) in [6.45, 7) is 15.1. The van der Waals surface area contributed by atoms with Crippen molar-refractivity contribution in [3.05, 3.63) is 72.8 Å². The third-order valence-corrected chi connectivity index (χ3v) is 7.59. The van der Waals surface area contributed by atoms with Crippen LogP contribution in [0.2, 0.25) is 0 Å². The summed E-state index contributed by atoms with van der Waals surface area (Å²) in [5.74, 6) is 4.13. The van der Waals surface area contributed by atoms with E-state index in [0.29, 0.717) is 37.6 Å². The van der Waals surface area contributed by atoms with Crippen LogP contribution < -0.4 is 30.1 Å². The topological polar surface area (TPSA) is 27.7 Å². The number of hydrogen-bond acceptors (Lipinski definition) is 3. The molecule has 0 aliphatic carbocycles. The number of hydrogen-bond donors (Lipinski definition) is 0. The number of rotatable bonds is 12. The van der Waals surface area contributed by atoms with Crippen molar-refractivity contribution in [2.24, 2.45) is 17.8 Å². The Morgan fingerprint density at radius 1 is 0.471 bits per heavy atom. The molecule has 0 heterocycles. The van der Waals surface area contributed by atoms with Gasteiger partial charge in [0.25, 0.3) is 0 Å². The molecule has 3 nitrogen and oxygen atoms in total. The van der Waals surface area contributed by atoms with Crippen LogP contribution in [0.1, 0.15) is 41.5 Å². The van der Waals surface area contributed by atoms with E-state index in [1.54, 1.807) is 0 Å². The Morgan fingerprint density at radius 2 is 0.735 bits per heavy atom. The second kappa shape index (κ2) is 12.8. The molecule has 0 N–H and O–H groups in total. The Morgan fingerprint density at radius 3 is 1.00 bits per heavy atom. The smallest absolute Gasteiger partial charge is 0.127 e. The first-order valence-corrected chi connectivity index (χ1v) is 13.7. The summed E-state index contributed by atoms with van der Waals surface area (Å²) in [5, 5.41) is 3.54. The molecule has 0 radical (unpaired) electrons. The molecular weight excluding hydrogens is 439 g/mol. The molecule has 0 spiro atoms. The summed E-state index contributed by atoms with van der Waals surface area (Å²) >= 11 is 0. The van der Waals surface area contributed by atoms with Gasteiger partial charge < -0.3 is 14.2 Å². The largest absolute Gasteiger partial charge is 0.493 e. The second-order valence-electron chi connectivity index (χ2n) is 9.85. The molecule has 4 heteroatoms. The van der Waals surface area contributed by atoms with Crippen molar-refractivity contribution in [1.82, 2.24) is 0 Å². The lowest BCUT2D eigenvalue weighted by molar-refractivity contribution is 0.272. The summed E-state index contributed by atoms with van der Waals surface area (Å²) < 4.78 is 19.0. The number of benzene rings is 3. The van der Waals surface area contributed by atoms with Crippen LogP contribution in [-0.4, -0.2) is 19.8 Å². The van der Waals surface area contributed by atoms with Crippen molar-refractivity contribution in [3.63, 3.8) is 0 Å². The molecular formula is C30H39O3P. The van der Waals surface area contributed by atoms with Gasteiger partial charge >= 0.3 is 0 Å². The van der Waals surface area contributed by atoms with Crippen LogP contribution in [0.4, 0.5) is 0 Å². The van der Waals surface area contributed by atoms with E-state index in [2.05, 4.69) is 114 Å². The third-order valence-electron chi connectivity index (χ3n) is 5.03. The van der Waals surface area contributed by atoms with Gasteiger partial charge in [0.1, 0.15) is 17.2 Å². The standard InChI is InChI=1S/C30H39O3P/c1-22(2)19-31-25-13-7-10-16-28(25)34(29-17-11-8-14-26(29)32-20-23(3)4)30-18-12-9-15-27(30)33-21-24(5)6/h7-18,22-24H,19-21H2,1-6H3. The fourth-order valence-corrected chi connectivity index (χ4v) is 6.01. The Hall–Kier alpha value is -2.51. The van der Waals surface area contributed by atoms with E-state index in [1.807, 2.05) is 0 Å². The predicted octanol–water partition coefficient (Wildman–Crippen LogP) is 6.55. The van der Waals surface area contributed by atoms with E-state index in [-0.39, 0.29) is 0 Å². The SMILES string of the molecule is CC(C)COc1ccccc1P(c1ccccc1OCC(C)C)c1ccccc1OCC(C)C. The Kier molecular flexibility index (Phi) is 9.84. The van der Waals surface area contributed by atoms with Gasteiger partial charge in [0.15, 0.2) is 0 Å². The highest BCUT2D eigenvalue weighted by molar-refractivity contribution is 7.80. The molecule has 3 aromatic carbocycles. The van der Waals surface area contributed by atoms with Gasteiger partial charge in [-0.3, -0.25) is 0 Å². The molecule has 0 bridgehead atoms. The van der Waals surface area contributed by atoms with E-state index < -0.39 is 7.92 Å². The highest BCUT2D eigenvalue weighted by Crippen LogP contribution is 2.42. The lowest BCUT2D eigenvalue weighted by Crippen LogP contribution is -2.26. The van der Waals surface area contributed by atoms with E-state index in [9.17, 15) is 0 Å². The molecule has 3 aromatic rings. The monoisotopic (exact) mass is 478 g/mol. The van der Waals surface area contributed by atoms with Crippen LogP contribution in [-0.2, 0) is 0 Å². The van der Waals surface area contributed by atoms with Crippen LogP contribution in [0, 0.1) is 17.8 Å². The summed E-state index contributed by atoms with van der Waals surface area (Å²) in [5.41, 5.74) is 0. The molecule has 0 fully saturated rings. The molecule has 182 valence electrons. The Balaban J connectivity index is 2.17. The predicted molar refractivity (Wildman–Crippen MR) is 146 cm³/mol. The van der Waals surface area contributed by atoms with E-state index in [1.165, 1.54) is 15.9 Å². The minimum atomic E-state index is -0.976. The van der Waals surface area contributed by atoms with Crippen LogP contribution in [0.25, 0.3) is 0 Å². The van der Waals surface area contributed by atoms with Gasteiger partial charge in [0.05, 0.1) is 19.8 Å². The van der Waals surface area contributed by atoms with Crippen molar-refractivity contribution in [2.75, 3.05) is 19.8 Å². The number of ether oxygens (including phenoxy) is 3. The van der Waals surface area contributed by atoms with Crippen LogP contribution >= 0.6 is 7.92 Å². The lowest BCUT2D eigenvalue weighted by atomic mass is 10.2. The molecule has 0 saturated carbocycles. The Labute approximate surface area is 207 Å². The summed E-state index contributed by atoms with van der Waals surface area (Å²) in [7, 11) is -0.976. The molecule has 34 heavy (non-hydrogen) atoms. The highest BCUT2D eigenvalue weighted by atomic mass is 31.1. The van der Waals surface area contributed by atoms with Crippen molar-refractivity contribution in [3.8, 4) is 17.2 Å². The zero-order valence-corrected chi connectivity index (χ0v) is 22.3. The average Bonchev–Trinajstić information content (AvgIpc) is 2.82. The molecule has 0 atom stereocenters. The lowest BCUT2D eigenvalue weighted by Gasteiger charge is -2.26. The van der Waals surface area contributed by atoms with Gasteiger partial charge in [-0.15, -0.1) is 0 Å². The quantitative estimate of drug-likeness (QED) is 0.276. The first-order chi connectivity index (χ1) is 16.4. The molecule has 0 amide bonds. The molecule has 0 aromatic heterocycles.